The van der Waals surface area contributed by atoms with Gasteiger partial charge in [-0.3, -0.25) is 9.89 Å². The van der Waals surface area contributed by atoms with E-state index in [0.29, 0.717) is 6.42 Å². The van der Waals surface area contributed by atoms with Crippen molar-refractivity contribution in [2.24, 2.45) is 0 Å². The highest BCUT2D eigenvalue weighted by atomic mass is 16.2. The van der Waals surface area contributed by atoms with Gasteiger partial charge in [-0.2, -0.15) is 5.10 Å². The second kappa shape index (κ2) is 5.63. The summed E-state index contributed by atoms with van der Waals surface area (Å²) < 4.78 is 0. The summed E-state index contributed by atoms with van der Waals surface area (Å²) in [6.45, 7) is 4.68. The summed E-state index contributed by atoms with van der Waals surface area (Å²) in [6.07, 6.45) is 5.65. The van der Waals surface area contributed by atoms with Crippen molar-refractivity contribution >= 4 is 5.91 Å². The number of aryl methyl sites for hydroxylation is 2. The number of hydrogen-bond acceptors (Lipinski definition) is 4. The molecule has 1 fully saturated rings. The molecule has 0 aromatic carbocycles. The topological polar surface area (TPSA) is 74.8 Å². The zero-order valence-corrected chi connectivity index (χ0v) is 12.3. The molecule has 3 rings (SSSR count). The first-order valence-electron chi connectivity index (χ1n) is 7.22. The third-order valence-corrected chi connectivity index (χ3v) is 4.13. The van der Waals surface area contributed by atoms with E-state index in [1.165, 1.54) is 0 Å². The van der Waals surface area contributed by atoms with E-state index in [0.717, 1.165) is 42.0 Å². The number of aromatic amines is 1. The maximum Gasteiger partial charge on any atom is 0.227 e. The van der Waals surface area contributed by atoms with Gasteiger partial charge in [-0.15, -0.1) is 0 Å². The number of hydrogen-bond donors (Lipinski definition) is 1. The van der Waals surface area contributed by atoms with E-state index in [2.05, 4.69) is 20.2 Å². The maximum atomic E-state index is 12.6. The highest BCUT2D eigenvalue weighted by Crippen LogP contribution is 2.31. The Hall–Kier alpha value is -2.24. The molecule has 0 bridgehead atoms. The summed E-state index contributed by atoms with van der Waals surface area (Å²) in [7, 11) is 0. The van der Waals surface area contributed by atoms with Crippen LogP contribution in [-0.4, -0.2) is 37.5 Å². The summed E-state index contributed by atoms with van der Waals surface area (Å²) >= 11 is 0. The van der Waals surface area contributed by atoms with Gasteiger partial charge in [0.1, 0.15) is 6.33 Å². The lowest BCUT2D eigenvalue weighted by Crippen LogP contribution is -2.32. The number of carbonyl (C=O) groups excluding carboxylic acids is 1. The number of likely N-dealkylation sites (tertiary alicyclic amines) is 1. The largest absolute Gasteiger partial charge is 0.334 e. The first-order valence-corrected chi connectivity index (χ1v) is 7.22. The van der Waals surface area contributed by atoms with Crippen LogP contribution in [0.3, 0.4) is 0 Å². The van der Waals surface area contributed by atoms with Crippen molar-refractivity contribution < 1.29 is 4.79 Å². The molecular formula is C15H19N5O. The number of H-pyrrole nitrogens is 1. The molecule has 21 heavy (non-hydrogen) atoms. The van der Waals surface area contributed by atoms with Gasteiger partial charge in [-0.05, 0) is 32.8 Å². The molecule has 2 aromatic heterocycles. The van der Waals surface area contributed by atoms with E-state index in [1.807, 2.05) is 24.8 Å². The summed E-state index contributed by atoms with van der Waals surface area (Å²) in [5.41, 5.74) is 3.81. The first kappa shape index (κ1) is 13.7. The molecule has 0 radical (unpaired) electrons. The molecule has 1 N–H and O–H groups in total. The monoisotopic (exact) mass is 285 g/mol. The summed E-state index contributed by atoms with van der Waals surface area (Å²) in [5.74, 6) is 0.142. The minimum atomic E-state index is 0.0769. The van der Waals surface area contributed by atoms with Gasteiger partial charge < -0.3 is 4.90 Å². The Bertz CT molecular complexity index is 617. The molecular weight excluding hydrogens is 266 g/mol. The number of amides is 1. The van der Waals surface area contributed by atoms with Gasteiger partial charge in [0.25, 0.3) is 0 Å². The highest BCUT2D eigenvalue weighted by Gasteiger charge is 2.31. The lowest BCUT2D eigenvalue weighted by Gasteiger charge is -2.24. The van der Waals surface area contributed by atoms with Crippen LogP contribution >= 0.6 is 0 Å². The molecule has 3 heterocycles. The van der Waals surface area contributed by atoms with E-state index < -0.39 is 0 Å². The summed E-state index contributed by atoms with van der Waals surface area (Å²) in [4.78, 5) is 22.8. The predicted molar refractivity (Wildman–Crippen MR) is 77.5 cm³/mol. The van der Waals surface area contributed by atoms with Gasteiger partial charge in [0, 0.05) is 24.0 Å². The third-order valence-electron chi connectivity index (χ3n) is 4.13. The van der Waals surface area contributed by atoms with Crippen LogP contribution in [0.15, 0.2) is 18.6 Å². The number of nitrogens with zero attached hydrogens (tertiary/aromatic N) is 4. The Morgan fingerprint density at radius 2 is 2.33 bits per heavy atom. The second-order valence-corrected chi connectivity index (χ2v) is 5.47. The minimum Gasteiger partial charge on any atom is -0.334 e. The van der Waals surface area contributed by atoms with E-state index in [9.17, 15) is 4.79 Å². The Labute approximate surface area is 123 Å². The molecule has 1 saturated heterocycles. The minimum absolute atomic E-state index is 0.0769. The lowest BCUT2D eigenvalue weighted by atomic mass is 10.1. The van der Waals surface area contributed by atoms with Gasteiger partial charge in [-0.1, -0.05) is 0 Å². The number of carbonyl (C=O) groups is 1. The fraction of sp³-hybridized carbons (Fsp3) is 0.467. The molecule has 0 unspecified atom stereocenters. The average Bonchev–Trinajstić information content (AvgIpc) is 3.10. The molecule has 110 valence electrons. The molecule has 1 amide bonds. The number of aromatic nitrogens is 4. The maximum absolute atomic E-state index is 12.6. The molecule has 0 aliphatic carbocycles. The standard InChI is InChI=1S/C15H19N5O/c1-10-12(11(2)19-18-10)8-15(21)20-7-3-4-14(20)13-5-6-16-9-17-13/h5-6,9,14H,3-4,7-8H2,1-2H3,(H,18,19)/t14-/m0/s1. The van der Waals surface area contributed by atoms with Crippen LogP contribution < -0.4 is 0 Å². The van der Waals surface area contributed by atoms with Crippen LogP contribution in [0.1, 0.15) is 41.5 Å². The van der Waals surface area contributed by atoms with Crippen LogP contribution in [0.5, 0.6) is 0 Å². The number of rotatable bonds is 3. The second-order valence-electron chi connectivity index (χ2n) is 5.47. The van der Waals surface area contributed by atoms with Gasteiger partial charge >= 0.3 is 0 Å². The fourth-order valence-corrected chi connectivity index (χ4v) is 2.96. The van der Waals surface area contributed by atoms with Crippen LogP contribution in [0.2, 0.25) is 0 Å². The van der Waals surface area contributed by atoms with Crippen molar-refractivity contribution in [2.45, 2.75) is 39.2 Å². The van der Waals surface area contributed by atoms with Crippen molar-refractivity contribution in [1.82, 2.24) is 25.1 Å². The molecule has 2 aromatic rings. The van der Waals surface area contributed by atoms with Crippen molar-refractivity contribution in [3.05, 3.63) is 41.2 Å². The Morgan fingerprint density at radius 3 is 3.00 bits per heavy atom. The third kappa shape index (κ3) is 2.66. The van der Waals surface area contributed by atoms with Gasteiger partial charge in [0.05, 0.1) is 23.9 Å². The van der Waals surface area contributed by atoms with Gasteiger partial charge in [-0.25, -0.2) is 9.97 Å². The van der Waals surface area contributed by atoms with Crippen LogP contribution in [-0.2, 0) is 11.2 Å². The van der Waals surface area contributed by atoms with Crippen molar-refractivity contribution in [3.63, 3.8) is 0 Å². The zero-order chi connectivity index (χ0) is 14.8. The molecule has 6 nitrogen and oxygen atoms in total. The average molecular weight is 285 g/mol. The predicted octanol–water partition coefficient (Wildman–Crippen LogP) is 1.72. The quantitative estimate of drug-likeness (QED) is 0.931. The molecule has 6 heteroatoms. The number of nitrogens with one attached hydrogen (secondary N) is 1. The lowest BCUT2D eigenvalue weighted by molar-refractivity contribution is -0.131. The van der Waals surface area contributed by atoms with Crippen LogP contribution in [0, 0.1) is 13.8 Å². The molecule has 1 atom stereocenters. The first-order chi connectivity index (χ1) is 10.2. The highest BCUT2D eigenvalue weighted by molar-refractivity contribution is 5.80. The zero-order valence-electron chi connectivity index (χ0n) is 12.3. The summed E-state index contributed by atoms with van der Waals surface area (Å²) in [5, 5.41) is 7.09. The van der Waals surface area contributed by atoms with E-state index in [1.54, 1.807) is 12.5 Å². The van der Waals surface area contributed by atoms with Crippen molar-refractivity contribution in [2.75, 3.05) is 6.54 Å². The normalized spacial score (nSPS) is 18.2. The molecule has 1 aliphatic rings. The fourth-order valence-electron chi connectivity index (χ4n) is 2.96. The van der Waals surface area contributed by atoms with Crippen LogP contribution in [0.4, 0.5) is 0 Å². The van der Waals surface area contributed by atoms with E-state index >= 15 is 0 Å². The van der Waals surface area contributed by atoms with E-state index in [4.69, 9.17) is 0 Å². The molecule has 0 spiro atoms. The van der Waals surface area contributed by atoms with Gasteiger partial charge in [0.2, 0.25) is 5.91 Å². The Kier molecular flexibility index (Phi) is 3.68. The van der Waals surface area contributed by atoms with E-state index in [-0.39, 0.29) is 11.9 Å². The smallest absolute Gasteiger partial charge is 0.227 e. The SMILES string of the molecule is Cc1n[nH]c(C)c1CC(=O)N1CCC[C@H]1c1ccncn1. The van der Waals surface area contributed by atoms with Crippen LogP contribution in [0.25, 0.3) is 0 Å². The molecule has 0 saturated carbocycles. The Balaban J connectivity index is 1.78. The van der Waals surface area contributed by atoms with Crippen molar-refractivity contribution in [1.29, 1.82) is 0 Å². The molecule has 1 aliphatic heterocycles. The van der Waals surface area contributed by atoms with Crippen molar-refractivity contribution in [3.8, 4) is 0 Å². The summed E-state index contributed by atoms with van der Waals surface area (Å²) in [6, 6.07) is 1.97. The van der Waals surface area contributed by atoms with Gasteiger partial charge in [0.15, 0.2) is 0 Å². The Morgan fingerprint density at radius 1 is 1.48 bits per heavy atom.